The largest absolute Gasteiger partial charge is 0.462 e. The van der Waals surface area contributed by atoms with Crippen LogP contribution in [0.2, 0.25) is 5.02 Å². The smallest absolute Gasteiger partial charge is 0.338 e. The third-order valence-electron chi connectivity index (χ3n) is 6.23. The molecule has 2 amide bonds. The lowest BCUT2D eigenvalue weighted by Gasteiger charge is -2.24. The third kappa shape index (κ3) is 5.67. The highest BCUT2D eigenvalue weighted by molar-refractivity contribution is 7.80. The number of rotatable bonds is 8. The third-order valence-corrected chi connectivity index (χ3v) is 6.89. The second-order valence-electron chi connectivity index (χ2n) is 8.82. The van der Waals surface area contributed by atoms with Crippen molar-refractivity contribution in [2.75, 3.05) is 23.6 Å². The minimum atomic E-state index is -0.860. The molecular formula is C28H24ClN3O6S. The molecule has 2 aliphatic heterocycles. The topological polar surface area (TPSA) is 97.4 Å². The van der Waals surface area contributed by atoms with Gasteiger partial charge in [-0.25, -0.2) is 4.79 Å². The lowest BCUT2D eigenvalue weighted by Crippen LogP contribution is -2.37. The quantitative estimate of drug-likeness (QED) is 0.308. The van der Waals surface area contributed by atoms with E-state index in [0.717, 1.165) is 5.56 Å². The molecule has 200 valence electrons. The molecule has 9 nitrogen and oxygen atoms in total. The summed E-state index contributed by atoms with van der Waals surface area (Å²) in [6, 6.07) is 17.8. The van der Waals surface area contributed by atoms with E-state index in [4.69, 9.17) is 38.0 Å². The van der Waals surface area contributed by atoms with Gasteiger partial charge >= 0.3 is 5.97 Å². The molecule has 2 heterocycles. The minimum Gasteiger partial charge on any atom is -0.462 e. The van der Waals surface area contributed by atoms with Gasteiger partial charge in [0.25, 0.3) is 5.91 Å². The molecule has 3 aromatic carbocycles. The van der Waals surface area contributed by atoms with Crippen molar-refractivity contribution in [2.24, 2.45) is 0 Å². The predicted molar refractivity (Wildman–Crippen MR) is 149 cm³/mol. The molecule has 1 unspecified atom stereocenters. The van der Waals surface area contributed by atoms with Crippen molar-refractivity contribution in [1.82, 2.24) is 4.90 Å². The summed E-state index contributed by atoms with van der Waals surface area (Å²) in [5.41, 5.74) is 2.21. The Labute approximate surface area is 235 Å². The van der Waals surface area contributed by atoms with Crippen LogP contribution in [0.25, 0.3) is 0 Å². The molecule has 3 aromatic rings. The number of anilines is 2. The molecule has 0 aromatic heterocycles. The first-order valence-electron chi connectivity index (χ1n) is 12.2. The molecule has 1 atom stereocenters. The van der Waals surface area contributed by atoms with Crippen molar-refractivity contribution in [3.05, 3.63) is 82.9 Å². The second kappa shape index (κ2) is 11.3. The zero-order valence-electron chi connectivity index (χ0n) is 20.9. The summed E-state index contributed by atoms with van der Waals surface area (Å²) in [5.74, 6) is 0.0840. The second-order valence-corrected chi connectivity index (χ2v) is 9.62. The van der Waals surface area contributed by atoms with Gasteiger partial charge < -0.3 is 24.4 Å². The van der Waals surface area contributed by atoms with E-state index in [-0.39, 0.29) is 43.3 Å². The molecule has 5 rings (SSSR count). The number of carbonyl (C=O) groups excluding carboxylic acids is 3. The fraction of sp³-hybridized carbons (Fsp3) is 0.214. The molecule has 0 spiro atoms. The first kappa shape index (κ1) is 26.5. The van der Waals surface area contributed by atoms with Crippen molar-refractivity contribution in [3.8, 4) is 11.5 Å². The number of amides is 2. The SMILES string of the molecule is CCOC(=O)c1ccc(NC(=O)CC2C(=O)N(c3cccc(Cl)c3)C(=S)N2Cc2ccc3c(c2)OCO3)cc1. The highest BCUT2D eigenvalue weighted by atomic mass is 35.5. The highest BCUT2D eigenvalue weighted by Gasteiger charge is 2.44. The summed E-state index contributed by atoms with van der Waals surface area (Å²) in [5, 5.41) is 3.51. The molecule has 0 aliphatic carbocycles. The lowest BCUT2D eigenvalue weighted by molar-refractivity contribution is -0.124. The maximum atomic E-state index is 13.7. The summed E-state index contributed by atoms with van der Waals surface area (Å²) < 4.78 is 15.9. The number of thiocarbonyl (C=S) groups is 1. The Morgan fingerprint density at radius 3 is 2.59 bits per heavy atom. The fourth-order valence-electron chi connectivity index (χ4n) is 4.39. The number of nitrogens with one attached hydrogen (secondary N) is 1. The van der Waals surface area contributed by atoms with Gasteiger partial charge in [-0.2, -0.15) is 0 Å². The summed E-state index contributed by atoms with van der Waals surface area (Å²) in [4.78, 5) is 41.8. The van der Waals surface area contributed by atoms with Gasteiger partial charge in [-0.3, -0.25) is 14.5 Å². The van der Waals surface area contributed by atoms with Gasteiger partial charge in [-0.1, -0.05) is 23.7 Å². The van der Waals surface area contributed by atoms with Crippen LogP contribution in [0, 0.1) is 0 Å². The molecule has 1 fully saturated rings. The Bertz CT molecular complexity index is 1450. The van der Waals surface area contributed by atoms with Gasteiger partial charge in [0.05, 0.1) is 24.3 Å². The van der Waals surface area contributed by atoms with Gasteiger partial charge in [0.15, 0.2) is 16.6 Å². The standard InChI is InChI=1S/C28H24ClN3O6S/c1-2-36-27(35)18-7-9-20(10-8-18)30-25(33)14-22-26(34)32(21-5-3-4-19(29)13-21)28(39)31(22)15-17-6-11-23-24(12-17)38-16-37-23/h3-13,22H,2,14-16H2,1H3,(H,30,33). The number of esters is 1. The molecule has 11 heteroatoms. The Hall–Kier alpha value is -4.15. The number of hydrogen-bond donors (Lipinski definition) is 1. The zero-order valence-corrected chi connectivity index (χ0v) is 22.5. The average molecular weight is 566 g/mol. The van der Waals surface area contributed by atoms with Crippen LogP contribution in [0.15, 0.2) is 66.7 Å². The molecule has 0 saturated carbocycles. The van der Waals surface area contributed by atoms with E-state index >= 15 is 0 Å². The highest BCUT2D eigenvalue weighted by Crippen LogP contribution is 2.35. The number of nitrogens with zero attached hydrogens (tertiary/aromatic N) is 2. The Morgan fingerprint density at radius 1 is 1.08 bits per heavy atom. The van der Waals surface area contributed by atoms with Crippen LogP contribution >= 0.6 is 23.8 Å². The monoisotopic (exact) mass is 565 g/mol. The Balaban J connectivity index is 1.37. The lowest BCUT2D eigenvalue weighted by atomic mass is 10.1. The molecule has 1 N–H and O–H groups in total. The average Bonchev–Trinajstić information content (AvgIpc) is 3.47. The number of carbonyl (C=O) groups is 3. The molecule has 2 aliphatic rings. The van der Waals surface area contributed by atoms with Crippen molar-refractivity contribution in [2.45, 2.75) is 25.9 Å². The minimum absolute atomic E-state index is 0.144. The van der Waals surface area contributed by atoms with Crippen molar-refractivity contribution < 1.29 is 28.6 Å². The van der Waals surface area contributed by atoms with E-state index in [9.17, 15) is 14.4 Å². The molecule has 0 bridgehead atoms. The van der Waals surface area contributed by atoms with Crippen LogP contribution in [0.1, 0.15) is 29.3 Å². The van der Waals surface area contributed by atoms with E-state index in [1.54, 1.807) is 66.4 Å². The zero-order chi connectivity index (χ0) is 27.5. The predicted octanol–water partition coefficient (Wildman–Crippen LogP) is 4.78. The maximum Gasteiger partial charge on any atom is 0.338 e. The molecule has 0 radical (unpaired) electrons. The maximum absolute atomic E-state index is 13.7. The number of benzene rings is 3. The van der Waals surface area contributed by atoms with E-state index in [1.807, 2.05) is 12.1 Å². The van der Waals surface area contributed by atoms with Gasteiger partial charge in [0, 0.05) is 17.3 Å². The van der Waals surface area contributed by atoms with E-state index in [1.165, 1.54) is 4.90 Å². The van der Waals surface area contributed by atoms with Crippen molar-refractivity contribution >= 4 is 58.1 Å². The summed E-state index contributed by atoms with van der Waals surface area (Å²) in [7, 11) is 0. The normalized spacial score (nSPS) is 16.0. The van der Waals surface area contributed by atoms with Crippen molar-refractivity contribution in [3.63, 3.8) is 0 Å². The summed E-state index contributed by atoms with van der Waals surface area (Å²) >= 11 is 11.9. The number of fused-ring (bicyclic) bond motifs is 1. The first-order chi connectivity index (χ1) is 18.8. The first-order valence-corrected chi connectivity index (χ1v) is 13.0. The van der Waals surface area contributed by atoms with Crippen LogP contribution in [0.5, 0.6) is 11.5 Å². The van der Waals surface area contributed by atoms with Gasteiger partial charge in [0.2, 0.25) is 12.7 Å². The molecular weight excluding hydrogens is 542 g/mol. The van der Waals surface area contributed by atoms with Gasteiger partial charge in [-0.15, -0.1) is 0 Å². The van der Waals surface area contributed by atoms with E-state index < -0.39 is 12.0 Å². The van der Waals surface area contributed by atoms with Crippen molar-refractivity contribution in [1.29, 1.82) is 0 Å². The Morgan fingerprint density at radius 2 is 1.85 bits per heavy atom. The number of halogens is 1. The van der Waals surface area contributed by atoms with Crippen LogP contribution < -0.4 is 19.7 Å². The fourth-order valence-corrected chi connectivity index (χ4v) is 4.97. The summed E-state index contributed by atoms with van der Waals surface area (Å²) in [6.07, 6.45) is -0.153. The van der Waals surface area contributed by atoms with Crippen LogP contribution in [0.4, 0.5) is 11.4 Å². The Kier molecular flexibility index (Phi) is 7.67. The van der Waals surface area contributed by atoms with Crippen LogP contribution in [0.3, 0.4) is 0 Å². The number of hydrogen-bond acceptors (Lipinski definition) is 7. The van der Waals surface area contributed by atoms with Crippen LogP contribution in [-0.4, -0.2) is 47.2 Å². The van der Waals surface area contributed by atoms with E-state index in [0.29, 0.717) is 33.5 Å². The van der Waals surface area contributed by atoms with Gasteiger partial charge in [0.1, 0.15) is 6.04 Å². The summed E-state index contributed by atoms with van der Waals surface area (Å²) in [6.45, 7) is 2.41. The van der Waals surface area contributed by atoms with Gasteiger partial charge in [-0.05, 0) is 79.3 Å². The molecule has 39 heavy (non-hydrogen) atoms. The number of ether oxygens (including phenoxy) is 3. The van der Waals surface area contributed by atoms with Crippen LogP contribution in [-0.2, 0) is 20.9 Å². The van der Waals surface area contributed by atoms with E-state index in [2.05, 4.69) is 5.32 Å². The molecule has 1 saturated heterocycles.